The van der Waals surface area contributed by atoms with Gasteiger partial charge >= 0.3 is 0 Å². The molecule has 1 saturated heterocycles. The molecule has 0 saturated carbocycles. The molecule has 0 bridgehead atoms. The van der Waals surface area contributed by atoms with Crippen LogP contribution in [0.4, 0.5) is 0 Å². The molecule has 1 atom stereocenters. The first-order chi connectivity index (χ1) is 4.83. The van der Waals surface area contributed by atoms with Gasteiger partial charge in [-0.05, 0) is 19.3 Å². The SMILES string of the molecule is C=CC1([SiH2]N)CCCCO1. The molecule has 1 aliphatic rings. The minimum Gasteiger partial charge on any atom is -0.374 e. The van der Waals surface area contributed by atoms with Crippen LogP contribution in [0.25, 0.3) is 0 Å². The second kappa shape index (κ2) is 3.32. The lowest BCUT2D eigenvalue weighted by Crippen LogP contribution is -2.44. The van der Waals surface area contributed by atoms with E-state index < -0.39 is 9.68 Å². The van der Waals surface area contributed by atoms with Gasteiger partial charge in [-0.2, -0.15) is 0 Å². The zero-order valence-electron chi connectivity index (χ0n) is 6.31. The summed E-state index contributed by atoms with van der Waals surface area (Å²) in [4.78, 5) is 0. The molecule has 2 nitrogen and oxygen atoms in total. The first kappa shape index (κ1) is 7.98. The summed E-state index contributed by atoms with van der Waals surface area (Å²) in [5.74, 6) is 0. The van der Waals surface area contributed by atoms with Crippen LogP contribution in [0.2, 0.25) is 0 Å². The summed E-state index contributed by atoms with van der Waals surface area (Å²) < 4.78 is 5.58. The second-order valence-corrected chi connectivity index (χ2v) is 4.38. The number of hydrogen-bond donors (Lipinski definition) is 1. The van der Waals surface area contributed by atoms with Crippen LogP contribution in [0.5, 0.6) is 0 Å². The third kappa shape index (κ3) is 1.48. The summed E-state index contributed by atoms with van der Waals surface area (Å²) in [6.45, 7) is 4.63. The molecule has 0 amide bonds. The molecule has 1 unspecified atom stereocenters. The predicted molar refractivity (Wildman–Crippen MR) is 45.5 cm³/mol. The third-order valence-corrected chi connectivity index (χ3v) is 3.64. The molecule has 1 fully saturated rings. The monoisotopic (exact) mass is 157 g/mol. The summed E-state index contributed by atoms with van der Waals surface area (Å²) in [6, 6.07) is 0. The lowest BCUT2D eigenvalue weighted by Gasteiger charge is -2.32. The summed E-state index contributed by atoms with van der Waals surface area (Å²) in [5, 5.41) is 5.63. The molecule has 0 radical (unpaired) electrons. The molecule has 0 spiro atoms. The van der Waals surface area contributed by atoms with Gasteiger partial charge in [-0.3, -0.25) is 0 Å². The highest BCUT2D eigenvalue weighted by Gasteiger charge is 2.28. The van der Waals surface area contributed by atoms with Crippen LogP contribution in [0.1, 0.15) is 19.3 Å². The Hall–Kier alpha value is -0.123. The maximum atomic E-state index is 5.69. The van der Waals surface area contributed by atoms with E-state index in [4.69, 9.17) is 10.1 Å². The highest BCUT2D eigenvalue weighted by atomic mass is 28.2. The molecule has 3 heteroatoms. The zero-order chi connectivity index (χ0) is 7.45. The maximum Gasteiger partial charge on any atom is 0.130 e. The average molecular weight is 157 g/mol. The fraction of sp³-hybridized carbons (Fsp3) is 0.714. The summed E-state index contributed by atoms with van der Waals surface area (Å²) in [6.07, 6.45) is 5.43. The molecule has 1 aliphatic heterocycles. The van der Waals surface area contributed by atoms with Crippen molar-refractivity contribution in [2.45, 2.75) is 24.5 Å². The van der Waals surface area contributed by atoms with Crippen LogP contribution in [0.15, 0.2) is 12.7 Å². The Morgan fingerprint density at radius 1 is 1.60 bits per heavy atom. The second-order valence-electron chi connectivity index (χ2n) is 2.78. The number of hydrogen-bond acceptors (Lipinski definition) is 2. The lowest BCUT2D eigenvalue weighted by molar-refractivity contribution is 0.0128. The Balaban J connectivity index is 2.52. The normalized spacial score (nSPS) is 34.9. The average Bonchev–Trinajstić information content (AvgIpc) is 2.06. The molecule has 58 valence electrons. The van der Waals surface area contributed by atoms with Crippen molar-refractivity contribution < 1.29 is 4.74 Å². The van der Waals surface area contributed by atoms with Gasteiger partial charge in [-0.1, -0.05) is 6.08 Å². The van der Waals surface area contributed by atoms with Gasteiger partial charge in [0.15, 0.2) is 0 Å². The fourth-order valence-electron chi connectivity index (χ4n) is 1.28. The molecule has 10 heavy (non-hydrogen) atoms. The van der Waals surface area contributed by atoms with Crippen molar-refractivity contribution in [2.24, 2.45) is 5.40 Å². The number of ether oxygens (including phenoxy) is 1. The predicted octanol–water partition coefficient (Wildman–Crippen LogP) is 0.112. The standard InChI is InChI=1S/C7H15NOSi/c1-2-7(10-8)5-3-4-6-9-7/h2H,1,3-6,8,10H2. The van der Waals surface area contributed by atoms with Crippen molar-refractivity contribution in [2.75, 3.05) is 6.61 Å². The van der Waals surface area contributed by atoms with E-state index in [1.54, 1.807) is 0 Å². The van der Waals surface area contributed by atoms with E-state index in [-0.39, 0.29) is 5.22 Å². The summed E-state index contributed by atoms with van der Waals surface area (Å²) >= 11 is 0. The summed E-state index contributed by atoms with van der Waals surface area (Å²) in [7, 11) is -0.579. The van der Waals surface area contributed by atoms with Crippen LogP contribution >= 0.6 is 0 Å². The molecule has 2 N–H and O–H groups in total. The quantitative estimate of drug-likeness (QED) is 0.456. The van der Waals surface area contributed by atoms with Crippen LogP contribution < -0.4 is 5.40 Å². The van der Waals surface area contributed by atoms with Crippen molar-refractivity contribution in [3.63, 3.8) is 0 Å². The highest BCUT2D eigenvalue weighted by Crippen LogP contribution is 2.23. The van der Waals surface area contributed by atoms with E-state index in [1.165, 1.54) is 12.8 Å². The lowest BCUT2D eigenvalue weighted by atomic mass is 10.1. The fourth-order valence-corrected chi connectivity index (χ4v) is 2.16. The van der Waals surface area contributed by atoms with E-state index in [0.717, 1.165) is 13.0 Å². The molecular formula is C7H15NOSi. The van der Waals surface area contributed by atoms with E-state index in [2.05, 4.69) is 6.58 Å². The molecule has 0 aliphatic carbocycles. The van der Waals surface area contributed by atoms with Crippen LogP contribution in [-0.4, -0.2) is 21.5 Å². The Kier molecular flexibility index (Phi) is 2.65. The van der Waals surface area contributed by atoms with E-state index in [1.807, 2.05) is 6.08 Å². The van der Waals surface area contributed by atoms with Gasteiger partial charge in [0, 0.05) is 6.61 Å². The Labute approximate surface area is 64.3 Å². The van der Waals surface area contributed by atoms with Crippen molar-refractivity contribution in [1.29, 1.82) is 0 Å². The molecule has 0 aromatic heterocycles. The number of rotatable bonds is 2. The van der Waals surface area contributed by atoms with Crippen LogP contribution in [-0.2, 0) is 4.74 Å². The first-order valence-corrected chi connectivity index (χ1v) is 5.33. The molecule has 0 aromatic carbocycles. The topological polar surface area (TPSA) is 35.2 Å². The molecular weight excluding hydrogens is 142 g/mol. The Bertz CT molecular complexity index is 121. The van der Waals surface area contributed by atoms with Crippen molar-refractivity contribution >= 4 is 9.68 Å². The van der Waals surface area contributed by atoms with Gasteiger partial charge in [0.05, 0.1) is 5.22 Å². The maximum absolute atomic E-state index is 5.69. The van der Waals surface area contributed by atoms with E-state index in [0.29, 0.717) is 0 Å². The largest absolute Gasteiger partial charge is 0.374 e. The highest BCUT2D eigenvalue weighted by molar-refractivity contribution is 6.36. The van der Waals surface area contributed by atoms with Crippen molar-refractivity contribution in [1.82, 2.24) is 0 Å². The van der Waals surface area contributed by atoms with Crippen LogP contribution in [0.3, 0.4) is 0 Å². The van der Waals surface area contributed by atoms with Gasteiger partial charge < -0.3 is 10.1 Å². The van der Waals surface area contributed by atoms with Gasteiger partial charge in [0.25, 0.3) is 0 Å². The molecule has 1 rings (SSSR count). The Morgan fingerprint density at radius 2 is 2.40 bits per heavy atom. The van der Waals surface area contributed by atoms with Gasteiger partial charge in [-0.15, -0.1) is 6.58 Å². The van der Waals surface area contributed by atoms with Gasteiger partial charge in [-0.25, -0.2) is 0 Å². The van der Waals surface area contributed by atoms with Gasteiger partial charge in [0.2, 0.25) is 0 Å². The smallest absolute Gasteiger partial charge is 0.130 e. The molecule has 1 heterocycles. The Morgan fingerprint density at radius 3 is 2.70 bits per heavy atom. The molecule has 0 aromatic rings. The number of nitrogens with two attached hydrogens (primary N) is 1. The van der Waals surface area contributed by atoms with Crippen molar-refractivity contribution in [3.8, 4) is 0 Å². The van der Waals surface area contributed by atoms with Gasteiger partial charge in [0.1, 0.15) is 9.68 Å². The third-order valence-electron chi connectivity index (χ3n) is 2.10. The minimum absolute atomic E-state index is 0.0573. The summed E-state index contributed by atoms with van der Waals surface area (Å²) in [5.41, 5.74) is 0. The van der Waals surface area contributed by atoms with Crippen LogP contribution in [0, 0.1) is 0 Å². The minimum atomic E-state index is -0.579. The van der Waals surface area contributed by atoms with E-state index >= 15 is 0 Å². The van der Waals surface area contributed by atoms with Crippen molar-refractivity contribution in [3.05, 3.63) is 12.7 Å². The van der Waals surface area contributed by atoms with E-state index in [9.17, 15) is 0 Å². The first-order valence-electron chi connectivity index (χ1n) is 3.81. The zero-order valence-corrected chi connectivity index (χ0v) is 7.72.